The lowest BCUT2D eigenvalue weighted by Gasteiger charge is -2.46. The van der Waals surface area contributed by atoms with Crippen molar-refractivity contribution in [2.24, 2.45) is 5.92 Å². The molecule has 0 spiro atoms. The van der Waals surface area contributed by atoms with Gasteiger partial charge in [-0.25, -0.2) is 4.68 Å². The molecule has 1 aromatic heterocycles. The summed E-state index contributed by atoms with van der Waals surface area (Å²) in [5.74, 6) is 0.147. The molecule has 2 fully saturated rings. The third-order valence-corrected chi connectivity index (χ3v) is 4.07. The Morgan fingerprint density at radius 1 is 1.45 bits per heavy atom. The Balaban J connectivity index is 1.72. The van der Waals surface area contributed by atoms with E-state index >= 15 is 0 Å². The van der Waals surface area contributed by atoms with Gasteiger partial charge in [-0.1, -0.05) is 6.92 Å². The summed E-state index contributed by atoms with van der Waals surface area (Å²) >= 11 is 0. The number of rotatable bonds is 4. The molecule has 1 N–H and O–H groups in total. The molecule has 108 valence electrons. The molecular formula is C14H19N3O3. The highest BCUT2D eigenvalue weighted by Gasteiger charge is 2.53. The normalized spacial score (nSPS) is 20.6. The fourth-order valence-electron chi connectivity index (χ4n) is 2.73. The average Bonchev–Trinajstić information content (AvgIpc) is 3.22. The Hall–Kier alpha value is -1.69. The second-order valence-corrected chi connectivity index (χ2v) is 5.82. The maximum atomic E-state index is 12.3. The highest BCUT2D eigenvalue weighted by Crippen LogP contribution is 2.44. The van der Waals surface area contributed by atoms with Gasteiger partial charge in [0.1, 0.15) is 11.3 Å². The second kappa shape index (κ2) is 4.70. The Labute approximate surface area is 117 Å². The van der Waals surface area contributed by atoms with Crippen LogP contribution in [0.1, 0.15) is 36.7 Å². The van der Waals surface area contributed by atoms with Crippen molar-refractivity contribution in [3.05, 3.63) is 28.2 Å². The summed E-state index contributed by atoms with van der Waals surface area (Å²) in [5, 5.41) is 14.3. The lowest BCUT2D eigenvalue weighted by atomic mass is 9.88. The van der Waals surface area contributed by atoms with Crippen molar-refractivity contribution in [2.45, 2.75) is 38.3 Å². The summed E-state index contributed by atoms with van der Waals surface area (Å²) in [6, 6.07) is 2.84. The highest BCUT2D eigenvalue weighted by molar-refractivity contribution is 5.92. The second-order valence-electron chi connectivity index (χ2n) is 5.82. The molecule has 6 heteroatoms. The molecule has 6 nitrogen and oxygen atoms in total. The molecule has 0 aromatic carbocycles. The molecule has 1 aliphatic carbocycles. The first kappa shape index (κ1) is 13.3. The highest BCUT2D eigenvalue weighted by atomic mass is 16.3. The van der Waals surface area contributed by atoms with Crippen molar-refractivity contribution in [1.82, 2.24) is 14.7 Å². The lowest BCUT2D eigenvalue weighted by molar-refractivity contribution is -0.0960. The Bertz CT molecular complexity index is 586. The topological polar surface area (TPSA) is 75.4 Å². The first-order valence-corrected chi connectivity index (χ1v) is 7.13. The number of amides is 1. The third-order valence-electron chi connectivity index (χ3n) is 4.07. The summed E-state index contributed by atoms with van der Waals surface area (Å²) in [4.78, 5) is 25.4. The van der Waals surface area contributed by atoms with Crippen LogP contribution < -0.4 is 5.56 Å². The van der Waals surface area contributed by atoms with Crippen LogP contribution in [0.2, 0.25) is 0 Å². The molecule has 2 heterocycles. The standard InChI is InChI=1S/C14H19N3O3/c1-2-7-17-12(18)6-5-11(15-17)13(19)16-8-14(20,9-16)10-3-4-10/h5-6,10,20H,2-4,7-9H2,1H3. The van der Waals surface area contributed by atoms with Gasteiger partial charge in [0.2, 0.25) is 0 Å². The number of hydrogen-bond donors (Lipinski definition) is 1. The minimum atomic E-state index is -0.687. The number of likely N-dealkylation sites (tertiary alicyclic amines) is 1. The van der Waals surface area contributed by atoms with E-state index in [0.29, 0.717) is 25.6 Å². The molecule has 1 aromatic rings. The minimum absolute atomic E-state index is 0.193. The Morgan fingerprint density at radius 3 is 2.75 bits per heavy atom. The van der Waals surface area contributed by atoms with E-state index in [-0.39, 0.29) is 17.2 Å². The molecule has 1 amide bonds. The fourth-order valence-corrected chi connectivity index (χ4v) is 2.73. The quantitative estimate of drug-likeness (QED) is 0.856. The first-order chi connectivity index (χ1) is 9.53. The molecular weight excluding hydrogens is 258 g/mol. The fraction of sp³-hybridized carbons (Fsp3) is 0.643. The zero-order valence-corrected chi connectivity index (χ0v) is 11.6. The smallest absolute Gasteiger partial charge is 0.274 e. The van der Waals surface area contributed by atoms with Crippen LogP contribution in [0.3, 0.4) is 0 Å². The molecule has 2 aliphatic rings. The van der Waals surface area contributed by atoms with E-state index in [9.17, 15) is 14.7 Å². The van der Waals surface area contributed by atoms with Crippen LogP contribution in [0.4, 0.5) is 0 Å². The van der Waals surface area contributed by atoms with Crippen LogP contribution in [-0.4, -0.2) is 44.4 Å². The summed E-state index contributed by atoms with van der Waals surface area (Å²) in [6.45, 7) is 3.22. The number of hydrogen-bond acceptors (Lipinski definition) is 4. The van der Waals surface area contributed by atoms with E-state index in [0.717, 1.165) is 19.3 Å². The van der Waals surface area contributed by atoms with E-state index in [2.05, 4.69) is 5.10 Å². The van der Waals surface area contributed by atoms with Crippen molar-refractivity contribution in [3.8, 4) is 0 Å². The van der Waals surface area contributed by atoms with E-state index < -0.39 is 5.60 Å². The average molecular weight is 277 g/mol. The molecule has 1 saturated carbocycles. The number of aliphatic hydroxyl groups is 1. The van der Waals surface area contributed by atoms with Crippen LogP contribution in [-0.2, 0) is 6.54 Å². The first-order valence-electron chi connectivity index (χ1n) is 7.13. The van der Waals surface area contributed by atoms with Crippen LogP contribution >= 0.6 is 0 Å². The van der Waals surface area contributed by atoms with Crippen molar-refractivity contribution >= 4 is 5.91 Å². The van der Waals surface area contributed by atoms with E-state index in [1.807, 2.05) is 6.92 Å². The van der Waals surface area contributed by atoms with Gasteiger partial charge in [-0.15, -0.1) is 0 Å². The Kier molecular flexibility index (Phi) is 3.12. The van der Waals surface area contributed by atoms with Crippen molar-refractivity contribution in [3.63, 3.8) is 0 Å². The number of aryl methyl sites for hydroxylation is 1. The molecule has 0 radical (unpaired) electrons. The number of nitrogens with zero attached hydrogens (tertiary/aromatic N) is 3. The summed E-state index contributed by atoms with van der Waals surface area (Å²) < 4.78 is 1.32. The van der Waals surface area contributed by atoms with Gasteiger partial charge in [-0.05, 0) is 31.2 Å². The summed E-state index contributed by atoms with van der Waals surface area (Å²) in [6.07, 6.45) is 2.89. The molecule has 0 unspecified atom stereocenters. The molecule has 1 saturated heterocycles. The predicted octanol–water partition coefficient (Wildman–Crippen LogP) is 0.250. The molecule has 0 atom stereocenters. The summed E-state index contributed by atoms with van der Waals surface area (Å²) in [7, 11) is 0. The van der Waals surface area contributed by atoms with Gasteiger partial charge >= 0.3 is 0 Å². The van der Waals surface area contributed by atoms with Crippen molar-refractivity contribution in [1.29, 1.82) is 0 Å². The van der Waals surface area contributed by atoms with E-state index in [1.165, 1.54) is 16.8 Å². The van der Waals surface area contributed by atoms with Crippen LogP contribution in [0.15, 0.2) is 16.9 Å². The summed E-state index contributed by atoms with van der Waals surface area (Å²) in [5.41, 5.74) is -0.606. The van der Waals surface area contributed by atoms with E-state index in [1.54, 1.807) is 4.90 Å². The predicted molar refractivity (Wildman–Crippen MR) is 72.4 cm³/mol. The monoisotopic (exact) mass is 277 g/mol. The minimum Gasteiger partial charge on any atom is -0.386 e. The van der Waals surface area contributed by atoms with E-state index in [4.69, 9.17) is 0 Å². The SMILES string of the molecule is CCCn1nc(C(=O)N2CC(O)(C3CC3)C2)ccc1=O. The van der Waals surface area contributed by atoms with Gasteiger partial charge in [-0.2, -0.15) is 5.10 Å². The molecule has 3 rings (SSSR count). The zero-order valence-electron chi connectivity index (χ0n) is 11.6. The van der Waals surface area contributed by atoms with Gasteiger partial charge < -0.3 is 10.0 Å². The lowest BCUT2D eigenvalue weighted by Crippen LogP contribution is -2.64. The Morgan fingerprint density at radius 2 is 2.15 bits per heavy atom. The van der Waals surface area contributed by atoms with Gasteiger partial charge in [0.05, 0.1) is 13.1 Å². The molecule has 1 aliphatic heterocycles. The van der Waals surface area contributed by atoms with Crippen LogP contribution in [0, 0.1) is 5.92 Å². The molecule has 0 bridgehead atoms. The van der Waals surface area contributed by atoms with Crippen molar-refractivity contribution < 1.29 is 9.90 Å². The van der Waals surface area contributed by atoms with Gasteiger partial charge in [0.15, 0.2) is 0 Å². The van der Waals surface area contributed by atoms with Crippen LogP contribution in [0.5, 0.6) is 0 Å². The largest absolute Gasteiger partial charge is 0.386 e. The van der Waals surface area contributed by atoms with Gasteiger partial charge in [0.25, 0.3) is 11.5 Å². The van der Waals surface area contributed by atoms with Gasteiger partial charge in [-0.3, -0.25) is 9.59 Å². The number of carbonyl (C=O) groups is 1. The maximum absolute atomic E-state index is 12.3. The van der Waals surface area contributed by atoms with Crippen LogP contribution in [0.25, 0.3) is 0 Å². The zero-order chi connectivity index (χ0) is 14.3. The third kappa shape index (κ3) is 2.24. The maximum Gasteiger partial charge on any atom is 0.274 e. The molecule has 20 heavy (non-hydrogen) atoms. The van der Waals surface area contributed by atoms with Gasteiger partial charge in [0, 0.05) is 12.6 Å². The van der Waals surface area contributed by atoms with Crippen molar-refractivity contribution in [2.75, 3.05) is 13.1 Å². The number of carbonyl (C=O) groups excluding carboxylic acids is 1. The number of aromatic nitrogens is 2. The number of β-amino-alcohol motifs (C(OH)–C–C–N with tert-alkyl or cyclic N) is 1.